The quantitative estimate of drug-likeness (QED) is 0.449. The lowest BCUT2D eigenvalue weighted by Crippen LogP contribution is -2.51. The number of para-hydroxylation sites is 1. The minimum absolute atomic E-state index is 0.0194. The van der Waals surface area contributed by atoms with Gasteiger partial charge in [-0.3, -0.25) is 14.6 Å². The Morgan fingerprint density at radius 3 is 2.03 bits per heavy atom. The first kappa shape index (κ1) is 22.7. The molecule has 1 amide bonds. The predicted octanol–water partition coefficient (Wildman–Crippen LogP) is 5.57. The molecule has 33 heavy (non-hydrogen) atoms. The van der Waals surface area contributed by atoms with Gasteiger partial charge in [0.25, 0.3) is 0 Å². The zero-order chi connectivity index (χ0) is 23.0. The number of ketones is 1. The molecule has 0 N–H and O–H groups in total. The molecule has 0 bridgehead atoms. The van der Waals surface area contributed by atoms with E-state index >= 15 is 0 Å². The Morgan fingerprint density at radius 2 is 1.42 bits per heavy atom. The highest BCUT2D eigenvalue weighted by Crippen LogP contribution is 2.26. The second-order valence-corrected chi connectivity index (χ2v) is 8.42. The van der Waals surface area contributed by atoms with Gasteiger partial charge in [0.1, 0.15) is 6.61 Å². The Hall–Kier alpha value is -3.44. The molecule has 170 valence electrons. The van der Waals surface area contributed by atoms with Crippen molar-refractivity contribution < 1.29 is 14.3 Å². The van der Waals surface area contributed by atoms with Gasteiger partial charge >= 0.3 is 6.09 Å². The third-order valence-electron chi connectivity index (χ3n) is 6.29. The fourth-order valence-electron chi connectivity index (χ4n) is 4.38. The first-order valence-corrected chi connectivity index (χ1v) is 11.5. The number of likely N-dealkylation sites (tertiary alicyclic amines) is 1. The Morgan fingerprint density at radius 1 is 0.879 bits per heavy atom. The molecule has 0 radical (unpaired) electrons. The first-order valence-electron chi connectivity index (χ1n) is 11.5. The van der Waals surface area contributed by atoms with E-state index in [0.29, 0.717) is 0 Å². The standard InChI is InChI=1S/C28H30N2O3/c1-22(27(31)24-13-7-3-8-14-24)29-19-17-26(18-20-29)30(25-15-9-4-10-16-25)28(32)33-21-23-11-5-2-6-12-23/h2-16,22,26H,17-21H2,1H3/t22-/m0/s1. The second kappa shape index (κ2) is 10.9. The van der Waals surface area contributed by atoms with Crippen molar-refractivity contribution in [3.05, 3.63) is 102 Å². The number of piperidine rings is 1. The molecule has 0 spiro atoms. The molecule has 3 aromatic rings. The smallest absolute Gasteiger partial charge is 0.414 e. The molecule has 4 rings (SSSR count). The van der Waals surface area contributed by atoms with E-state index in [-0.39, 0.29) is 30.6 Å². The highest BCUT2D eigenvalue weighted by Gasteiger charge is 2.33. The average molecular weight is 443 g/mol. The minimum atomic E-state index is -0.336. The lowest BCUT2D eigenvalue weighted by molar-refractivity contribution is 0.0789. The van der Waals surface area contributed by atoms with Crippen molar-refractivity contribution in [3.63, 3.8) is 0 Å². The van der Waals surface area contributed by atoms with Gasteiger partial charge in [-0.15, -0.1) is 0 Å². The summed E-state index contributed by atoms with van der Waals surface area (Å²) in [5, 5.41) is 0. The minimum Gasteiger partial charge on any atom is -0.444 e. The molecule has 0 saturated carbocycles. The molecule has 0 aliphatic carbocycles. The number of anilines is 1. The molecule has 0 aromatic heterocycles. The molecule has 1 aliphatic rings. The maximum atomic E-state index is 13.2. The number of ether oxygens (including phenoxy) is 1. The lowest BCUT2D eigenvalue weighted by atomic mass is 9.98. The molecule has 3 aromatic carbocycles. The zero-order valence-electron chi connectivity index (χ0n) is 19.0. The molecule has 1 atom stereocenters. The van der Waals surface area contributed by atoms with E-state index < -0.39 is 0 Å². The van der Waals surface area contributed by atoms with Crippen LogP contribution in [0.15, 0.2) is 91.0 Å². The highest BCUT2D eigenvalue weighted by atomic mass is 16.6. The number of hydrogen-bond donors (Lipinski definition) is 0. The van der Waals surface area contributed by atoms with Crippen molar-refractivity contribution in [3.8, 4) is 0 Å². The SMILES string of the molecule is C[C@@H](C(=O)c1ccccc1)N1CCC(N(C(=O)OCc2ccccc2)c2ccccc2)CC1. The fourth-order valence-corrected chi connectivity index (χ4v) is 4.38. The predicted molar refractivity (Wildman–Crippen MR) is 130 cm³/mol. The van der Waals surface area contributed by atoms with Crippen molar-refractivity contribution >= 4 is 17.6 Å². The van der Waals surface area contributed by atoms with E-state index in [0.717, 1.165) is 42.7 Å². The van der Waals surface area contributed by atoms with Gasteiger partial charge in [-0.25, -0.2) is 4.79 Å². The fraction of sp³-hybridized carbons (Fsp3) is 0.286. The van der Waals surface area contributed by atoms with Crippen molar-refractivity contribution in [2.45, 2.75) is 38.5 Å². The molecular weight excluding hydrogens is 412 g/mol. The summed E-state index contributed by atoms with van der Waals surface area (Å²) in [6.07, 6.45) is 1.22. The number of nitrogens with zero attached hydrogens (tertiary/aromatic N) is 2. The molecule has 1 heterocycles. The summed E-state index contributed by atoms with van der Waals surface area (Å²) < 4.78 is 5.69. The number of rotatable bonds is 7. The van der Waals surface area contributed by atoms with Crippen LogP contribution in [-0.2, 0) is 11.3 Å². The van der Waals surface area contributed by atoms with Crippen LogP contribution in [0, 0.1) is 0 Å². The molecule has 1 fully saturated rings. The number of benzene rings is 3. The van der Waals surface area contributed by atoms with E-state index in [4.69, 9.17) is 4.74 Å². The van der Waals surface area contributed by atoms with Crippen LogP contribution in [0.3, 0.4) is 0 Å². The van der Waals surface area contributed by atoms with Crippen LogP contribution in [0.25, 0.3) is 0 Å². The summed E-state index contributed by atoms with van der Waals surface area (Å²) in [4.78, 5) is 30.0. The van der Waals surface area contributed by atoms with Gasteiger partial charge in [-0.1, -0.05) is 78.9 Å². The molecule has 1 aliphatic heterocycles. The van der Waals surface area contributed by atoms with Crippen LogP contribution in [0.2, 0.25) is 0 Å². The molecule has 5 heteroatoms. The van der Waals surface area contributed by atoms with Crippen LogP contribution in [0.5, 0.6) is 0 Å². The monoisotopic (exact) mass is 442 g/mol. The van der Waals surface area contributed by atoms with E-state index in [1.54, 1.807) is 4.90 Å². The number of carbonyl (C=O) groups excluding carboxylic acids is 2. The van der Waals surface area contributed by atoms with Gasteiger partial charge < -0.3 is 4.74 Å². The molecule has 0 unspecified atom stereocenters. The number of Topliss-reactive ketones (excluding diaryl/α,β-unsaturated/α-hetero) is 1. The van der Waals surface area contributed by atoms with Crippen molar-refractivity contribution in [1.29, 1.82) is 0 Å². The maximum Gasteiger partial charge on any atom is 0.414 e. The Balaban J connectivity index is 1.42. The lowest BCUT2D eigenvalue weighted by Gasteiger charge is -2.39. The van der Waals surface area contributed by atoms with Gasteiger partial charge in [0, 0.05) is 30.4 Å². The van der Waals surface area contributed by atoms with Crippen LogP contribution in [0.4, 0.5) is 10.5 Å². The number of amides is 1. The molecular formula is C28H30N2O3. The highest BCUT2D eigenvalue weighted by molar-refractivity contribution is 5.99. The van der Waals surface area contributed by atoms with Gasteiger partial charge in [-0.2, -0.15) is 0 Å². The van der Waals surface area contributed by atoms with Crippen molar-refractivity contribution in [2.24, 2.45) is 0 Å². The van der Waals surface area contributed by atoms with E-state index in [1.807, 2.05) is 97.9 Å². The van der Waals surface area contributed by atoms with Crippen LogP contribution in [-0.4, -0.2) is 41.9 Å². The van der Waals surface area contributed by atoms with Gasteiger partial charge in [0.15, 0.2) is 5.78 Å². The van der Waals surface area contributed by atoms with Gasteiger partial charge in [0.2, 0.25) is 0 Å². The Labute approximate surface area is 195 Å². The van der Waals surface area contributed by atoms with E-state index in [2.05, 4.69) is 4.90 Å². The van der Waals surface area contributed by atoms with Crippen molar-refractivity contribution in [1.82, 2.24) is 4.90 Å². The van der Waals surface area contributed by atoms with Crippen LogP contribution < -0.4 is 4.90 Å². The largest absolute Gasteiger partial charge is 0.444 e. The van der Waals surface area contributed by atoms with Gasteiger partial charge in [-0.05, 0) is 37.5 Å². The zero-order valence-corrected chi connectivity index (χ0v) is 19.0. The van der Waals surface area contributed by atoms with Crippen LogP contribution in [0.1, 0.15) is 35.7 Å². The Bertz CT molecular complexity index is 1030. The number of carbonyl (C=O) groups is 2. The van der Waals surface area contributed by atoms with Crippen LogP contribution >= 0.6 is 0 Å². The summed E-state index contributed by atoms with van der Waals surface area (Å²) in [5.74, 6) is 0.135. The van der Waals surface area contributed by atoms with E-state index in [1.165, 1.54) is 0 Å². The topological polar surface area (TPSA) is 49.9 Å². The first-order chi connectivity index (χ1) is 16.1. The third-order valence-corrected chi connectivity index (χ3v) is 6.29. The summed E-state index contributed by atoms with van der Waals surface area (Å²) in [6.45, 7) is 3.71. The van der Waals surface area contributed by atoms with E-state index in [9.17, 15) is 9.59 Å². The normalized spacial score (nSPS) is 15.5. The maximum absolute atomic E-state index is 13.2. The summed E-state index contributed by atoms with van der Waals surface area (Å²) in [6, 6.07) is 28.7. The summed E-state index contributed by atoms with van der Waals surface area (Å²) in [5.41, 5.74) is 2.53. The average Bonchev–Trinajstić information content (AvgIpc) is 2.89. The van der Waals surface area contributed by atoms with Gasteiger partial charge in [0.05, 0.1) is 6.04 Å². The summed E-state index contributed by atoms with van der Waals surface area (Å²) in [7, 11) is 0. The second-order valence-electron chi connectivity index (χ2n) is 8.42. The molecule has 5 nitrogen and oxygen atoms in total. The van der Waals surface area contributed by atoms with Crippen molar-refractivity contribution in [2.75, 3.05) is 18.0 Å². The molecule has 1 saturated heterocycles. The summed E-state index contributed by atoms with van der Waals surface area (Å²) >= 11 is 0. The third kappa shape index (κ3) is 5.68. The number of hydrogen-bond acceptors (Lipinski definition) is 4. The Kier molecular flexibility index (Phi) is 7.53.